The summed E-state index contributed by atoms with van der Waals surface area (Å²) in [5.74, 6) is -9.92. The SMILES string of the molecule is NC(=O)C[C@H](NC(=O)Cc1ccc(O)cc1)C(=O)NCCCCNCCCCCCCCNC(=O)[C@@H](N)CCN=C(N)N.O=C(O)C(F)(F)F.O=C(O)C(F)(F)F.O=C(O)C(F)(F)F. The minimum absolute atomic E-state index is 0.00807. The zero-order chi connectivity index (χ0) is 50.1. The number of alkyl halides is 9. The molecule has 0 aliphatic rings. The van der Waals surface area contributed by atoms with Gasteiger partial charge in [-0.2, -0.15) is 39.5 Å². The fourth-order valence-electron chi connectivity index (χ4n) is 4.18. The van der Waals surface area contributed by atoms with Crippen LogP contribution in [0.25, 0.3) is 0 Å². The first kappa shape index (κ1) is 62.2. The highest BCUT2D eigenvalue weighted by molar-refractivity contribution is 5.92. The Kier molecular flexibility index (Phi) is 32.5. The van der Waals surface area contributed by atoms with Crippen LogP contribution < -0.4 is 44.2 Å². The lowest BCUT2D eigenvalue weighted by Gasteiger charge is -2.17. The number of carboxylic acids is 3. The van der Waals surface area contributed by atoms with E-state index in [1.54, 1.807) is 12.1 Å². The van der Waals surface area contributed by atoms with E-state index in [-0.39, 0.29) is 30.5 Å². The molecule has 0 radical (unpaired) electrons. The van der Waals surface area contributed by atoms with Crippen molar-refractivity contribution in [3.05, 3.63) is 29.8 Å². The standard InChI is InChI=1S/C29H51N9O5.3C2HF3O2/c30-23(13-18-37-29(32)33)27(42)35-16-6-4-2-1-3-5-14-34-15-7-8-17-36-28(43)24(20-25(31)40)38-26(41)19-21-9-11-22(39)12-10-21;3*3-2(4,5)1(6)7/h9-12,23-24,34,39H,1-8,13-20,30H2,(H2,31,40)(H,35,42)(H,36,43)(H,38,41)(H4,32,33,37);3*(H,6,7)/t23-,24-;;;/m0.../s1. The Balaban J connectivity index is -0.00000144. The molecule has 1 aromatic carbocycles. The Morgan fingerprint density at radius 3 is 1.39 bits per heavy atom. The molecule has 4 amide bonds. The molecule has 0 aliphatic heterocycles. The molecule has 0 spiro atoms. The molecule has 0 aromatic heterocycles. The van der Waals surface area contributed by atoms with Gasteiger partial charge in [0.1, 0.15) is 11.8 Å². The summed E-state index contributed by atoms with van der Waals surface area (Å²) < 4.78 is 95.2. The molecule has 0 unspecified atom stereocenters. The quantitative estimate of drug-likeness (QED) is 0.0299. The average Bonchev–Trinajstić information content (AvgIpc) is 3.16. The number of rotatable bonds is 24. The van der Waals surface area contributed by atoms with Crippen molar-refractivity contribution >= 4 is 47.5 Å². The van der Waals surface area contributed by atoms with Crippen LogP contribution in [0.1, 0.15) is 69.8 Å². The third kappa shape index (κ3) is 38.8. The fourth-order valence-corrected chi connectivity index (χ4v) is 4.18. The van der Waals surface area contributed by atoms with Gasteiger partial charge in [-0.1, -0.05) is 37.8 Å². The van der Waals surface area contributed by atoms with Gasteiger partial charge in [-0.05, 0) is 62.9 Å². The Morgan fingerprint density at radius 2 is 0.984 bits per heavy atom. The topological polar surface area (TPSA) is 365 Å². The summed E-state index contributed by atoms with van der Waals surface area (Å²) in [4.78, 5) is 78.7. The van der Waals surface area contributed by atoms with Gasteiger partial charge in [0, 0.05) is 19.6 Å². The number of halogens is 9. The maximum atomic E-state index is 12.5. The molecule has 2 atom stereocenters. The Hall–Kier alpha value is -6.13. The first-order valence-electron chi connectivity index (χ1n) is 18.7. The molecule has 368 valence electrons. The number of benzene rings is 1. The molecule has 20 nitrogen and oxygen atoms in total. The molecule has 1 aromatic rings. The van der Waals surface area contributed by atoms with E-state index >= 15 is 0 Å². The molecule has 0 bridgehead atoms. The number of nitrogens with two attached hydrogens (primary N) is 4. The van der Waals surface area contributed by atoms with Crippen LogP contribution in [-0.2, 0) is 40.0 Å². The van der Waals surface area contributed by atoms with Crippen LogP contribution in [0, 0.1) is 0 Å². The molecular weight excluding hydrogens is 893 g/mol. The van der Waals surface area contributed by atoms with Gasteiger partial charge >= 0.3 is 36.4 Å². The summed E-state index contributed by atoms with van der Waals surface area (Å²) >= 11 is 0. The van der Waals surface area contributed by atoms with Gasteiger partial charge < -0.3 is 64.6 Å². The molecule has 16 N–H and O–H groups in total. The number of phenolic OH excluding ortho intramolecular Hbond substituents is 1. The number of hydrogen-bond donors (Lipinski definition) is 12. The highest BCUT2D eigenvalue weighted by Crippen LogP contribution is 2.15. The van der Waals surface area contributed by atoms with Crippen molar-refractivity contribution in [2.24, 2.45) is 27.9 Å². The van der Waals surface area contributed by atoms with Crippen molar-refractivity contribution in [1.29, 1.82) is 0 Å². The highest BCUT2D eigenvalue weighted by atomic mass is 19.4. The number of amides is 4. The van der Waals surface area contributed by atoms with Gasteiger partial charge in [0.2, 0.25) is 23.6 Å². The number of guanidine groups is 1. The molecule has 0 fully saturated rings. The maximum Gasteiger partial charge on any atom is 0.490 e. The van der Waals surface area contributed by atoms with Crippen molar-refractivity contribution < 1.29 is 93.5 Å². The summed E-state index contributed by atoms with van der Waals surface area (Å²) in [5.41, 5.74) is 22.2. The van der Waals surface area contributed by atoms with Crippen LogP contribution in [0.15, 0.2) is 29.3 Å². The Bertz CT molecular complexity index is 1540. The van der Waals surface area contributed by atoms with Crippen molar-refractivity contribution in [2.75, 3.05) is 32.7 Å². The van der Waals surface area contributed by atoms with Crippen LogP contribution in [0.2, 0.25) is 0 Å². The zero-order valence-electron chi connectivity index (χ0n) is 34.1. The molecule has 0 aliphatic carbocycles. The van der Waals surface area contributed by atoms with Gasteiger partial charge in [-0.3, -0.25) is 24.2 Å². The summed E-state index contributed by atoms with van der Waals surface area (Å²) in [5, 5.41) is 42.3. The highest BCUT2D eigenvalue weighted by Gasteiger charge is 2.39. The first-order valence-corrected chi connectivity index (χ1v) is 18.7. The second kappa shape index (κ2) is 33.4. The maximum absolute atomic E-state index is 12.5. The van der Waals surface area contributed by atoms with Gasteiger partial charge in [0.25, 0.3) is 0 Å². The second-order valence-electron chi connectivity index (χ2n) is 12.9. The van der Waals surface area contributed by atoms with E-state index in [9.17, 15) is 63.8 Å². The van der Waals surface area contributed by atoms with E-state index in [1.807, 2.05) is 0 Å². The molecule has 1 rings (SSSR count). The number of phenols is 1. The molecule has 64 heavy (non-hydrogen) atoms. The Morgan fingerprint density at radius 1 is 0.609 bits per heavy atom. The normalized spacial score (nSPS) is 11.8. The third-order valence-electron chi connectivity index (χ3n) is 7.32. The number of carbonyl (C=O) groups excluding carboxylic acids is 4. The zero-order valence-corrected chi connectivity index (χ0v) is 34.1. The van der Waals surface area contributed by atoms with Crippen LogP contribution in [0.4, 0.5) is 39.5 Å². The summed E-state index contributed by atoms with van der Waals surface area (Å²) in [6, 6.07) is 4.51. The molecule has 0 heterocycles. The largest absolute Gasteiger partial charge is 0.508 e. The number of aromatic hydroxyl groups is 1. The molecule has 0 saturated carbocycles. The minimum Gasteiger partial charge on any atom is -0.508 e. The van der Waals surface area contributed by atoms with Gasteiger partial charge in [0.05, 0.1) is 18.9 Å². The number of carboxylic acid groups (broad SMARTS) is 3. The monoisotopic (exact) mass is 947 g/mol. The lowest BCUT2D eigenvalue weighted by molar-refractivity contribution is -0.193. The van der Waals surface area contributed by atoms with E-state index < -0.39 is 66.2 Å². The minimum atomic E-state index is -5.08. The lowest BCUT2D eigenvalue weighted by Crippen LogP contribution is -2.49. The number of aliphatic imine (C=N–C) groups is 1. The van der Waals surface area contributed by atoms with Gasteiger partial charge in [-0.25, -0.2) is 14.4 Å². The van der Waals surface area contributed by atoms with E-state index in [4.69, 9.17) is 52.6 Å². The number of hydrogen-bond acceptors (Lipinski definition) is 11. The second-order valence-corrected chi connectivity index (χ2v) is 12.9. The molecule has 29 heteroatoms. The van der Waals surface area contributed by atoms with Crippen molar-refractivity contribution in [2.45, 2.75) is 101 Å². The number of nitrogens with one attached hydrogen (secondary N) is 4. The predicted octanol–water partition coefficient (Wildman–Crippen LogP) is 1.13. The smallest absolute Gasteiger partial charge is 0.490 e. The first-order chi connectivity index (χ1) is 29.4. The number of aliphatic carboxylic acids is 3. The van der Waals surface area contributed by atoms with E-state index in [0.29, 0.717) is 31.6 Å². The summed E-state index contributed by atoms with van der Waals surface area (Å²) in [7, 11) is 0. The third-order valence-corrected chi connectivity index (χ3v) is 7.32. The van der Waals surface area contributed by atoms with E-state index in [1.165, 1.54) is 12.1 Å². The van der Waals surface area contributed by atoms with Crippen LogP contribution in [-0.4, -0.2) is 131 Å². The van der Waals surface area contributed by atoms with Gasteiger partial charge in [-0.15, -0.1) is 0 Å². The van der Waals surface area contributed by atoms with E-state index in [2.05, 4.69) is 26.3 Å². The fraction of sp³-hybridized carbons (Fsp3) is 0.600. The van der Waals surface area contributed by atoms with Gasteiger partial charge in [0.15, 0.2) is 5.96 Å². The average molecular weight is 948 g/mol. The number of carbonyl (C=O) groups is 7. The predicted molar refractivity (Wildman–Crippen MR) is 208 cm³/mol. The lowest BCUT2D eigenvalue weighted by atomic mass is 10.1. The van der Waals surface area contributed by atoms with Crippen molar-refractivity contribution in [1.82, 2.24) is 21.3 Å². The molecular formula is C35H54F9N9O11. The van der Waals surface area contributed by atoms with E-state index in [0.717, 1.165) is 64.5 Å². The van der Waals surface area contributed by atoms with Crippen LogP contribution in [0.3, 0.4) is 0 Å². The van der Waals surface area contributed by atoms with Crippen LogP contribution in [0.5, 0.6) is 5.75 Å². The Labute approximate surface area is 359 Å². The number of unbranched alkanes of at least 4 members (excludes halogenated alkanes) is 6. The van der Waals surface area contributed by atoms with Crippen molar-refractivity contribution in [3.63, 3.8) is 0 Å². The number of nitrogens with zero attached hydrogens (tertiary/aromatic N) is 1. The summed E-state index contributed by atoms with van der Waals surface area (Å²) in [6.45, 7) is 3.12. The summed E-state index contributed by atoms with van der Waals surface area (Å²) in [6.07, 6.45) is -7.09. The molecule has 0 saturated heterocycles. The number of primary amides is 1. The van der Waals surface area contributed by atoms with Crippen molar-refractivity contribution in [3.8, 4) is 5.75 Å². The van der Waals surface area contributed by atoms with Crippen LogP contribution >= 0.6 is 0 Å².